The number of alkyl halides is 3. The lowest BCUT2D eigenvalue weighted by Gasteiger charge is -2.22. The van der Waals surface area contributed by atoms with Gasteiger partial charge in [0.25, 0.3) is 0 Å². The molecule has 0 amide bonds. The lowest BCUT2D eigenvalue weighted by Crippen LogP contribution is -2.09. The summed E-state index contributed by atoms with van der Waals surface area (Å²) in [6.45, 7) is 17.7. The van der Waals surface area contributed by atoms with E-state index in [0.717, 1.165) is 55.4 Å². The van der Waals surface area contributed by atoms with Gasteiger partial charge in [0.2, 0.25) is 0 Å². The maximum absolute atomic E-state index is 15.4. The molecule has 0 saturated carbocycles. The van der Waals surface area contributed by atoms with Crippen molar-refractivity contribution < 1.29 is 13.2 Å². The van der Waals surface area contributed by atoms with Crippen LogP contribution in [0.15, 0.2) is 218 Å². The summed E-state index contributed by atoms with van der Waals surface area (Å²) in [7, 11) is 0. The van der Waals surface area contributed by atoms with Gasteiger partial charge in [-0.25, -0.2) is 9.69 Å². The van der Waals surface area contributed by atoms with Crippen molar-refractivity contribution in [2.75, 3.05) is 0 Å². The smallest absolute Gasteiger partial charge is 0.309 e. The number of hydrogen-bond acceptors (Lipinski definition) is 4. The standard InChI is InChI=1S/C74H39F3N8/c1-44-20-26-57(65(32-44)74(75,76)77)59-39-64(73(38-52(59)43-81)85-70-29-23-47(54-15-7-5-13-51(54)42-80)35-61(70)63-37-49(25-31-71(63)85)56-17-9-11-19-67(56)83-3)58-27-21-45(40-78)33-72(58)84-68-28-22-46(53-14-6-4-12-50(53)41-79)34-60(68)62-36-48(24-30-69(62)84)55-16-8-10-18-66(55)82-2/h4-39H,1H3. The van der Waals surface area contributed by atoms with Gasteiger partial charge in [-0.3, -0.25) is 0 Å². The third-order valence-electron chi connectivity index (χ3n) is 15.8. The Balaban J connectivity index is 1.17. The quantitative estimate of drug-likeness (QED) is 0.141. The van der Waals surface area contributed by atoms with Crippen molar-refractivity contribution >= 4 is 55.0 Å². The molecule has 0 aliphatic rings. The van der Waals surface area contributed by atoms with E-state index in [9.17, 15) is 21.0 Å². The number of nitriles is 4. The van der Waals surface area contributed by atoms with E-state index in [1.165, 1.54) is 6.07 Å². The minimum absolute atomic E-state index is 0.0317. The van der Waals surface area contributed by atoms with Gasteiger partial charge in [0.05, 0.1) is 98.7 Å². The topological polar surface area (TPSA) is 114 Å². The van der Waals surface area contributed by atoms with Crippen LogP contribution in [0.3, 0.4) is 0 Å². The average Bonchev–Trinajstić information content (AvgIpc) is 2.06. The van der Waals surface area contributed by atoms with Gasteiger partial charge in [0.1, 0.15) is 0 Å². The maximum Gasteiger partial charge on any atom is 0.417 e. The van der Waals surface area contributed by atoms with E-state index in [2.05, 4.69) is 34.0 Å². The van der Waals surface area contributed by atoms with Crippen molar-refractivity contribution in [3.63, 3.8) is 0 Å². The molecule has 2 heterocycles. The summed E-state index contributed by atoms with van der Waals surface area (Å²) in [5, 5.41) is 45.7. The fourth-order valence-corrected chi connectivity index (χ4v) is 12.0. The van der Waals surface area contributed by atoms with Crippen molar-refractivity contribution in [3.05, 3.63) is 275 Å². The number of benzene rings is 11. The first-order chi connectivity index (χ1) is 41.4. The number of rotatable bonds is 8. The van der Waals surface area contributed by atoms with Crippen LogP contribution < -0.4 is 0 Å². The zero-order valence-corrected chi connectivity index (χ0v) is 45.0. The Labute approximate surface area is 486 Å². The number of aromatic nitrogens is 2. The van der Waals surface area contributed by atoms with Gasteiger partial charge in [-0.2, -0.15) is 34.2 Å². The molecular formula is C74H39F3N8. The lowest BCUT2D eigenvalue weighted by molar-refractivity contribution is -0.137. The molecule has 0 aliphatic heterocycles. The first kappa shape index (κ1) is 52.1. The summed E-state index contributed by atoms with van der Waals surface area (Å²) in [5.74, 6) is 0. The molecule has 13 aromatic rings. The van der Waals surface area contributed by atoms with E-state index in [1.807, 2.05) is 149 Å². The van der Waals surface area contributed by atoms with Gasteiger partial charge in [0, 0.05) is 38.2 Å². The van der Waals surface area contributed by atoms with E-state index in [0.29, 0.717) is 94.9 Å². The number of aryl methyl sites for hydroxylation is 1. The zero-order valence-electron chi connectivity index (χ0n) is 45.0. The molecule has 8 nitrogen and oxygen atoms in total. The van der Waals surface area contributed by atoms with E-state index in [1.54, 1.807) is 73.7 Å². The summed E-state index contributed by atoms with van der Waals surface area (Å²) in [6, 6.07) is 74.8. The Kier molecular flexibility index (Phi) is 12.7. The Hall–Kier alpha value is -12.3. The molecular weight excluding hydrogens is 1060 g/mol. The molecule has 11 aromatic carbocycles. The Morgan fingerprint density at radius 3 is 1.21 bits per heavy atom. The van der Waals surface area contributed by atoms with Crippen LogP contribution in [0, 0.1) is 65.4 Å². The van der Waals surface area contributed by atoms with Gasteiger partial charge >= 0.3 is 6.18 Å². The molecule has 0 fully saturated rings. The minimum atomic E-state index is -4.81. The fourth-order valence-electron chi connectivity index (χ4n) is 12.0. The monoisotopic (exact) mass is 1100 g/mol. The Morgan fingerprint density at radius 2 is 0.776 bits per heavy atom. The van der Waals surface area contributed by atoms with Crippen LogP contribution in [0.4, 0.5) is 24.5 Å². The van der Waals surface area contributed by atoms with Crippen molar-refractivity contribution in [2.24, 2.45) is 0 Å². The number of fused-ring (bicyclic) bond motifs is 6. The van der Waals surface area contributed by atoms with Crippen molar-refractivity contribution in [1.82, 2.24) is 9.13 Å². The number of para-hydroxylation sites is 2. The SMILES string of the molecule is [C-]#[N+]c1ccccc1-c1ccc2c(c1)c1cc(-c3ccccc3C#N)ccc1n2-c1cc(C#N)ccc1-c1cc(-c2ccc(C)cc2C(F)(F)F)c(C#N)cc1-n1c2ccc(-c3ccccc3C#N)cc2c2cc(-c3ccccc3[N+]#[C-])ccc21. The fraction of sp³-hybridized carbons (Fsp3) is 0.0270. The average molecular weight is 1100 g/mol. The molecule has 0 bridgehead atoms. The molecule has 11 heteroatoms. The van der Waals surface area contributed by atoms with E-state index < -0.39 is 11.7 Å². The van der Waals surface area contributed by atoms with Crippen molar-refractivity contribution in [1.29, 1.82) is 21.0 Å². The number of nitrogens with zero attached hydrogens (tertiary/aromatic N) is 8. The van der Waals surface area contributed by atoms with Crippen LogP contribution >= 0.6 is 0 Å². The van der Waals surface area contributed by atoms with E-state index in [4.69, 9.17) is 13.1 Å². The summed E-state index contributed by atoms with van der Waals surface area (Å²) >= 11 is 0. The number of hydrogen-bond donors (Lipinski definition) is 0. The molecule has 13 rings (SSSR count). The third-order valence-corrected chi connectivity index (χ3v) is 15.8. The van der Waals surface area contributed by atoms with Gasteiger partial charge in [-0.15, -0.1) is 0 Å². The van der Waals surface area contributed by atoms with Gasteiger partial charge in [0.15, 0.2) is 11.4 Å². The summed E-state index contributed by atoms with van der Waals surface area (Å²) in [6.07, 6.45) is -4.81. The molecule has 2 aromatic heterocycles. The molecule has 0 N–H and O–H groups in total. The first-order valence-electron chi connectivity index (χ1n) is 26.8. The highest BCUT2D eigenvalue weighted by Crippen LogP contribution is 2.48. The van der Waals surface area contributed by atoms with Crippen LogP contribution in [0.1, 0.15) is 33.4 Å². The highest BCUT2D eigenvalue weighted by Gasteiger charge is 2.35. The molecule has 0 saturated heterocycles. The Morgan fingerprint density at radius 1 is 0.365 bits per heavy atom. The van der Waals surface area contributed by atoms with Crippen LogP contribution in [-0.4, -0.2) is 9.13 Å². The van der Waals surface area contributed by atoms with Crippen LogP contribution in [0.2, 0.25) is 0 Å². The normalized spacial score (nSPS) is 11.2. The molecule has 85 heavy (non-hydrogen) atoms. The Bertz CT molecular complexity index is 5060. The molecule has 0 aliphatic carbocycles. The third kappa shape index (κ3) is 8.75. The predicted molar refractivity (Wildman–Crippen MR) is 329 cm³/mol. The van der Waals surface area contributed by atoms with Crippen LogP contribution in [-0.2, 0) is 6.18 Å². The molecule has 0 radical (unpaired) electrons. The second-order valence-electron chi connectivity index (χ2n) is 20.6. The largest absolute Gasteiger partial charge is 0.417 e. The zero-order chi connectivity index (χ0) is 58.7. The highest BCUT2D eigenvalue weighted by molar-refractivity contribution is 6.15. The second kappa shape index (κ2) is 20.7. The van der Waals surface area contributed by atoms with Crippen molar-refractivity contribution in [3.8, 4) is 102 Å². The summed E-state index contributed by atoms with van der Waals surface area (Å²) in [5.41, 5.74) is 11.9. The van der Waals surface area contributed by atoms with Gasteiger partial charge in [-0.05, 0) is 148 Å². The van der Waals surface area contributed by atoms with Crippen LogP contribution in [0.5, 0.6) is 0 Å². The molecule has 0 spiro atoms. The van der Waals surface area contributed by atoms with Gasteiger partial charge in [-0.1, -0.05) is 133 Å². The predicted octanol–water partition coefficient (Wildman–Crippen LogP) is 19.8. The van der Waals surface area contributed by atoms with E-state index >= 15 is 13.2 Å². The number of halogens is 3. The minimum Gasteiger partial charge on any atom is -0.309 e. The van der Waals surface area contributed by atoms with Crippen molar-refractivity contribution in [2.45, 2.75) is 13.1 Å². The highest BCUT2D eigenvalue weighted by atomic mass is 19.4. The van der Waals surface area contributed by atoms with Crippen LogP contribution in [0.25, 0.3) is 131 Å². The molecule has 396 valence electrons. The first-order valence-corrected chi connectivity index (χ1v) is 26.8. The lowest BCUT2D eigenvalue weighted by atomic mass is 9.89. The summed E-state index contributed by atoms with van der Waals surface area (Å²) < 4.78 is 50.3. The molecule has 0 unspecified atom stereocenters. The van der Waals surface area contributed by atoms with Gasteiger partial charge < -0.3 is 9.13 Å². The maximum atomic E-state index is 15.4. The summed E-state index contributed by atoms with van der Waals surface area (Å²) in [4.78, 5) is 7.67. The second-order valence-corrected chi connectivity index (χ2v) is 20.6. The molecule has 0 atom stereocenters. The van der Waals surface area contributed by atoms with E-state index in [-0.39, 0.29) is 16.7 Å².